The Hall–Kier alpha value is -2.80. The Morgan fingerprint density at radius 2 is 1.79 bits per heavy atom. The first kappa shape index (κ1) is 16.1. The number of hydrogen-bond acceptors (Lipinski definition) is 4. The zero-order valence-corrected chi connectivity index (χ0v) is 12.8. The fourth-order valence-electron chi connectivity index (χ4n) is 1.99. The van der Waals surface area contributed by atoms with Gasteiger partial charge in [-0.2, -0.15) is 0 Å². The van der Waals surface area contributed by atoms with E-state index in [1.807, 2.05) is 0 Å². The summed E-state index contributed by atoms with van der Waals surface area (Å²) in [5.41, 5.74) is 0.857. The van der Waals surface area contributed by atoms with Gasteiger partial charge in [0.05, 0.1) is 17.0 Å². The van der Waals surface area contributed by atoms with Crippen molar-refractivity contribution in [2.24, 2.45) is 0 Å². The number of carbonyl (C=O) groups excluding carboxylic acids is 1. The second kappa shape index (κ2) is 6.76. The Morgan fingerprint density at radius 1 is 1.08 bits per heavy atom. The number of amides is 1. The molecule has 0 radical (unpaired) electrons. The third-order valence-corrected chi connectivity index (χ3v) is 3.44. The third kappa shape index (κ3) is 3.75. The molecule has 0 saturated heterocycles. The third-order valence-electron chi connectivity index (χ3n) is 3.13. The molecule has 1 amide bonds. The maximum Gasteiger partial charge on any atom is 0.322 e. The van der Waals surface area contributed by atoms with Crippen LogP contribution in [0.3, 0.4) is 0 Å². The highest BCUT2D eigenvalue weighted by Crippen LogP contribution is 2.19. The molecule has 5 nitrogen and oxygen atoms in total. The molecule has 0 aliphatic heterocycles. The molecule has 0 spiro atoms. The number of benzene rings is 2. The minimum Gasteiger partial charge on any atom is -0.407 e. The predicted octanol–water partition coefficient (Wildman–Crippen LogP) is 3.84. The Morgan fingerprint density at radius 3 is 2.50 bits per heavy atom. The van der Waals surface area contributed by atoms with Crippen LogP contribution in [0.5, 0.6) is 0 Å². The van der Waals surface area contributed by atoms with Crippen molar-refractivity contribution in [2.75, 3.05) is 5.32 Å². The number of rotatable bonds is 4. The number of aromatic nitrogens is 2. The standard InChI is InChI=1S/C16H10ClF2N3O2/c17-13-8-11(19)5-6-12(13)15(23)20-16-22-21-14(24-16)7-9-1-3-10(18)4-2-9/h1-6,8H,7H2,(H,20,22,23). The highest BCUT2D eigenvalue weighted by molar-refractivity contribution is 6.34. The average Bonchev–Trinajstić information content (AvgIpc) is 2.96. The lowest BCUT2D eigenvalue weighted by Crippen LogP contribution is -2.12. The first-order chi connectivity index (χ1) is 11.5. The van der Waals surface area contributed by atoms with Gasteiger partial charge in [-0.05, 0) is 35.9 Å². The fourth-order valence-corrected chi connectivity index (χ4v) is 2.24. The molecule has 2 aromatic carbocycles. The fraction of sp³-hybridized carbons (Fsp3) is 0.0625. The maximum absolute atomic E-state index is 13.0. The van der Waals surface area contributed by atoms with E-state index in [1.54, 1.807) is 12.1 Å². The lowest BCUT2D eigenvalue weighted by molar-refractivity contribution is 0.102. The van der Waals surface area contributed by atoms with Crippen LogP contribution in [0.25, 0.3) is 0 Å². The Bertz CT molecular complexity index is 881. The average molecular weight is 350 g/mol. The summed E-state index contributed by atoms with van der Waals surface area (Å²) in [4.78, 5) is 12.1. The van der Waals surface area contributed by atoms with Crippen LogP contribution in [0.2, 0.25) is 5.02 Å². The van der Waals surface area contributed by atoms with E-state index in [2.05, 4.69) is 15.5 Å². The number of carbonyl (C=O) groups is 1. The van der Waals surface area contributed by atoms with E-state index in [9.17, 15) is 13.6 Å². The van der Waals surface area contributed by atoms with Crippen LogP contribution in [0.4, 0.5) is 14.8 Å². The second-order valence-electron chi connectivity index (χ2n) is 4.88. The predicted molar refractivity (Wildman–Crippen MR) is 82.9 cm³/mol. The van der Waals surface area contributed by atoms with Gasteiger partial charge in [-0.25, -0.2) is 8.78 Å². The van der Waals surface area contributed by atoms with E-state index in [1.165, 1.54) is 18.2 Å². The first-order valence-electron chi connectivity index (χ1n) is 6.84. The van der Waals surface area contributed by atoms with Crippen molar-refractivity contribution in [3.8, 4) is 0 Å². The lowest BCUT2D eigenvalue weighted by atomic mass is 10.1. The van der Waals surface area contributed by atoms with Gasteiger partial charge >= 0.3 is 6.01 Å². The molecule has 0 saturated carbocycles. The molecule has 0 fully saturated rings. The van der Waals surface area contributed by atoms with Crippen LogP contribution in [-0.4, -0.2) is 16.1 Å². The summed E-state index contributed by atoms with van der Waals surface area (Å²) >= 11 is 5.82. The molecule has 0 unspecified atom stereocenters. The summed E-state index contributed by atoms with van der Waals surface area (Å²) in [6.07, 6.45) is 0.292. The molecule has 0 bridgehead atoms. The van der Waals surface area contributed by atoms with E-state index < -0.39 is 11.7 Å². The zero-order valence-electron chi connectivity index (χ0n) is 12.1. The van der Waals surface area contributed by atoms with Gasteiger partial charge in [-0.1, -0.05) is 28.8 Å². The van der Waals surface area contributed by atoms with Gasteiger partial charge in [-0.15, -0.1) is 5.10 Å². The lowest BCUT2D eigenvalue weighted by Gasteiger charge is -2.03. The highest BCUT2D eigenvalue weighted by Gasteiger charge is 2.15. The molecule has 0 aliphatic carbocycles. The summed E-state index contributed by atoms with van der Waals surface area (Å²) < 4.78 is 31.2. The molecule has 1 N–H and O–H groups in total. The number of nitrogens with one attached hydrogen (secondary N) is 1. The maximum atomic E-state index is 13.0. The van der Waals surface area contributed by atoms with Crippen molar-refractivity contribution in [2.45, 2.75) is 6.42 Å². The summed E-state index contributed by atoms with van der Waals surface area (Å²) in [7, 11) is 0. The second-order valence-corrected chi connectivity index (χ2v) is 5.29. The van der Waals surface area contributed by atoms with E-state index >= 15 is 0 Å². The highest BCUT2D eigenvalue weighted by atomic mass is 35.5. The van der Waals surface area contributed by atoms with Gasteiger partial charge in [0.15, 0.2) is 0 Å². The van der Waals surface area contributed by atoms with Gasteiger partial charge in [0.2, 0.25) is 5.89 Å². The summed E-state index contributed by atoms with van der Waals surface area (Å²) in [5.74, 6) is -1.23. The van der Waals surface area contributed by atoms with Gasteiger partial charge in [0, 0.05) is 0 Å². The largest absolute Gasteiger partial charge is 0.407 e. The normalized spacial score (nSPS) is 10.6. The minimum atomic E-state index is -0.600. The molecular formula is C16H10ClF2N3O2. The van der Waals surface area contributed by atoms with E-state index in [-0.39, 0.29) is 28.3 Å². The van der Waals surface area contributed by atoms with Crippen LogP contribution >= 0.6 is 11.6 Å². The van der Waals surface area contributed by atoms with E-state index in [0.717, 1.165) is 17.7 Å². The minimum absolute atomic E-state index is 0.0291. The van der Waals surface area contributed by atoms with E-state index in [0.29, 0.717) is 6.42 Å². The molecular weight excluding hydrogens is 340 g/mol. The number of halogens is 3. The molecule has 1 aromatic heterocycles. The van der Waals surface area contributed by atoms with Crippen LogP contribution in [0.15, 0.2) is 46.9 Å². The van der Waals surface area contributed by atoms with Crippen molar-refractivity contribution in [3.05, 3.63) is 76.1 Å². The van der Waals surface area contributed by atoms with Gasteiger partial charge in [0.25, 0.3) is 5.91 Å². The van der Waals surface area contributed by atoms with Crippen molar-refractivity contribution in [1.82, 2.24) is 10.2 Å². The van der Waals surface area contributed by atoms with Crippen LogP contribution in [-0.2, 0) is 6.42 Å². The Kier molecular flexibility index (Phi) is 4.52. The van der Waals surface area contributed by atoms with Gasteiger partial charge in [-0.3, -0.25) is 10.1 Å². The first-order valence-corrected chi connectivity index (χ1v) is 7.22. The molecule has 24 heavy (non-hydrogen) atoms. The van der Waals surface area contributed by atoms with Gasteiger partial charge < -0.3 is 4.42 Å². The van der Waals surface area contributed by atoms with Crippen molar-refractivity contribution in [1.29, 1.82) is 0 Å². The molecule has 122 valence electrons. The number of hydrogen-bond donors (Lipinski definition) is 1. The van der Waals surface area contributed by atoms with Crippen molar-refractivity contribution < 1.29 is 18.0 Å². The molecule has 1 heterocycles. The zero-order chi connectivity index (χ0) is 17.1. The summed E-state index contributed by atoms with van der Waals surface area (Å²) in [6, 6.07) is 9.13. The smallest absolute Gasteiger partial charge is 0.322 e. The van der Waals surface area contributed by atoms with Gasteiger partial charge in [0.1, 0.15) is 11.6 Å². The molecule has 8 heteroatoms. The molecule has 3 aromatic rings. The van der Waals surface area contributed by atoms with Crippen molar-refractivity contribution in [3.63, 3.8) is 0 Å². The van der Waals surface area contributed by atoms with E-state index in [4.69, 9.17) is 16.0 Å². The summed E-state index contributed by atoms with van der Waals surface area (Å²) in [6.45, 7) is 0. The van der Waals surface area contributed by atoms with Crippen LogP contribution in [0.1, 0.15) is 21.8 Å². The SMILES string of the molecule is O=C(Nc1nnc(Cc2ccc(F)cc2)o1)c1ccc(F)cc1Cl. The Balaban J connectivity index is 1.69. The Labute approximate surface area is 140 Å². The summed E-state index contributed by atoms with van der Waals surface area (Å²) in [5, 5.41) is 9.86. The monoisotopic (exact) mass is 349 g/mol. The van der Waals surface area contributed by atoms with Crippen molar-refractivity contribution >= 4 is 23.5 Å². The van der Waals surface area contributed by atoms with Crippen LogP contribution < -0.4 is 5.32 Å². The van der Waals surface area contributed by atoms with Crippen LogP contribution in [0, 0.1) is 11.6 Å². The quantitative estimate of drug-likeness (QED) is 0.777. The number of anilines is 1. The molecule has 3 rings (SSSR count). The molecule has 0 aliphatic rings. The molecule has 0 atom stereocenters. The topological polar surface area (TPSA) is 68.0 Å². The number of nitrogens with zero attached hydrogens (tertiary/aromatic N) is 2.